The van der Waals surface area contributed by atoms with Crippen LogP contribution < -0.4 is 10.1 Å². The first-order valence-corrected chi connectivity index (χ1v) is 8.24. The van der Waals surface area contributed by atoms with Crippen LogP contribution in [-0.4, -0.2) is 11.6 Å². The highest BCUT2D eigenvalue weighted by Crippen LogP contribution is 2.55. The number of rotatable bonds is 2. The molecule has 0 atom stereocenters. The molecule has 4 bridgehead atoms. The lowest BCUT2D eigenvalue weighted by molar-refractivity contribution is -0.0161. The van der Waals surface area contributed by atoms with Gasteiger partial charge in [0.15, 0.2) is 0 Å². The Morgan fingerprint density at radius 3 is 2.10 bits per heavy atom. The minimum absolute atomic E-state index is 0.00173. The van der Waals surface area contributed by atoms with Gasteiger partial charge in [-0.15, -0.1) is 0 Å². The second-order valence-electron chi connectivity index (χ2n) is 7.17. The summed E-state index contributed by atoms with van der Waals surface area (Å²) in [5.41, 5.74) is -0.00173. The van der Waals surface area contributed by atoms with Crippen molar-refractivity contribution < 1.29 is 9.53 Å². The SMILES string of the molecule is O=C(NC12CC3CC(CC(C3)C1)C2)Oc1ccc(Cl)cc1. The Bertz CT molecular complexity index is 519. The van der Waals surface area contributed by atoms with E-state index >= 15 is 0 Å². The molecule has 0 saturated heterocycles. The number of carbonyl (C=O) groups is 1. The Kier molecular flexibility index (Phi) is 3.14. The van der Waals surface area contributed by atoms with Crippen LogP contribution in [0.25, 0.3) is 0 Å². The lowest BCUT2D eigenvalue weighted by Crippen LogP contribution is -2.60. The average molecular weight is 306 g/mol. The minimum atomic E-state index is -0.320. The smallest absolute Gasteiger partial charge is 0.410 e. The maximum atomic E-state index is 12.2. The lowest BCUT2D eigenvalue weighted by Gasteiger charge is -2.56. The van der Waals surface area contributed by atoms with Gasteiger partial charge in [0.25, 0.3) is 0 Å². The van der Waals surface area contributed by atoms with Gasteiger partial charge in [-0.2, -0.15) is 0 Å². The molecule has 4 aliphatic rings. The van der Waals surface area contributed by atoms with Crippen molar-refractivity contribution in [3.05, 3.63) is 29.3 Å². The summed E-state index contributed by atoms with van der Waals surface area (Å²) in [5.74, 6) is 2.98. The van der Waals surface area contributed by atoms with E-state index in [9.17, 15) is 4.79 Å². The fourth-order valence-corrected chi connectivity index (χ4v) is 5.24. The standard InChI is InChI=1S/C17H20ClNO2/c18-14-1-3-15(4-2-14)21-16(20)19-17-8-11-5-12(9-17)7-13(6-11)10-17/h1-4,11-13H,5-10H2,(H,19,20). The highest BCUT2D eigenvalue weighted by Gasteiger charge is 2.51. The summed E-state index contributed by atoms with van der Waals surface area (Å²) in [7, 11) is 0. The molecule has 0 unspecified atom stereocenters. The summed E-state index contributed by atoms with van der Waals surface area (Å²) in [4.78, 5) is 12.2. The molecular formula is C17H20ClNO2. The van der Waals surface area contributed by atoms with Gasteiger partial charge < -0.3 is 10.1 Å². The van der Waals surface area contributed by atoms with Gasteiger partial charge >= 0.3 is 6.09 Å². The van der Waals surface area contributed by atoms with Crippen LogP contribution in [0.4, 0.5) is 4.79 Å². The molecule has 1 N–H and O–H groups in total. The number of amides is 1. The number of halogens is 1. The molecule has 0 radical (unpaired) electrons. The van der Waals surface area contributed by atoms with E-state index in [1.165, 1.54) is 19.3 Å². The second kappa shape index (κ2) is 4.91. The van der Waals surface area contributed by atoms with Gasteiger partial charge in [-0.3, -0.25) is 0 Å². The molecule has 1 amide bonds. The van der Waals surface area contributed by atoms with Crippen LogP contribution in [0, 0.1) is 17.8 Å². The lowest BCUT2D eigenvalue weighted by atomic mass is 9.53. The van der Waals surface area contributed by atoms with Crippen molar-refractivity contribution in [3.63, 3.8) is 0 Å². The van der Waals surface area contributed by atoms with Gasteiger partial charge in [-0.1, -0.05) is 11.6 Å². The summed E-state index contributed by atoms with van der Waals surface area (Å²) >= 11 is 5.84. The van der Waals surface area contributed by atoms with E-state index in [4.69, 9.17) is 16.3 Å². The van der Waals surface area contributed by atoms with Crippen molar-refractivity contribution in [1.82, 2.24) is 5.32 Å². The minimum Gasteiger partial charge on any atom is -0.410 e. The van der Waals surface area contributed by atoms with E-state index in [1.54, 1.807) is 24.3 Å². The highest BCUT2D eigenvalue weighted by molar-refractivity contribution is 6.30. The van der Waals surface area contributed by atoms with Crippen molar-refractivity contribution in [1.29, 1.82) is 0 Å². The first-order chi connectivity index (χ1) is 10.1. The molecule has 21 heavy (non-hydrogen) atoms. The molecule has 4 fully saturated rings. The molecule has 112 valence electrons. The van der Waals surface area contributed by atoms with Gasteiger partial charge in [-0.25, -0.2) is 4.79 Å². The predicted molar refractivity (Wildman–Crippen MR) is 81.5 cm³/mol. The molecule has 0 aliphatic heterocycles. The van der Waals surface area contributed by atoms with E-state index in [2.05, 4.69) is 5.32 Å². The van der Waals surface area contributed by atoms with E-state index in [0.717, 1.165) is 37.0 Å². The normalized spacial score (nSPS) is 36.5. The summed E-state index contributed by atoms with van der Waals surface area (Å²) < 4.78 is 5.40. The van der Waals surface area contributed by atoms with Crippen molar-refractivity contribution in [2.75, 3.05) is 0 Å². The molecule has 1 aromatic carbocycles. The highest BCUT2D eigenvalue weighted by atomic mass is 35.5. The van der Waals surface area contributed by atoms with E-state index in [-0.39, 0.29) is 11.6 Å². The summed E-state index contributed by atoms with van der Waals surface area (Å²) in [6.45, 7) is 0. The molecule has 0 heterocycles. The van der Waals surface area contributed by atoms with Gasteiger partial charge in [0.1, 0.15) is 5.75 Å². The number of nitrogens with one attached hydrogen (secondary N) is 1. The molecule has 5 rings (SSSR count). The first kappa shape index (κ1) is 13.4. The summed E-state index contributed by atoms with van der Waals surface area (Å²) in [6.07, 6.45) is 7.19. The molecule has 3 nitrogen and oxygen atoms in total. The third-order valence-electron chi connectivity index (χ3n) is 5.43. The van der Waals surface area contributed by atoms with Crippen LogP contribution in [0.3, 0.4) is 0 Å². The maximum Gasteiger partial charge on any atom is 0.413 e. The van der Waals surface area contributed by atoms with Gasteiger partial charge in [0, 0.05) is 10.6 Å². The topological polar surface area (TPSA) is 38.3 Å². The van der Waals surface area contributed by atoms with Crippen molar-refractivity contribution in [2.45, 2.75) is 44.1 Å². The number of hydrogen-bond donors (Lipinski definition) is 1. The second-order valence-corrected chi connectivity index (χ2v) is 7.60. The largest absolute Gasteiger partial charge is 0.413 e. The summed E-state index contributed by atoms with van der Waals surface area (Å²) in [6, 6.07) is 6.91. The van der Waals surface area contributed by atoms with E-state index in [1.807, 2.05) is 0 Å². The predicted octanol–water partition coefficient (Wildman–Crippen LogP) is 4.40. The van der Waals surface area contributed by atoms with Crippen molar-refractivity contribution in [2.24, 2.45) is 17.8 Å². The Morgan fingerprint density at radius 2 is 1.57 bits per heavy atom. The molecular weight excluding hydrogens is 286 g/mol. The third kappa shape index (κ3) is 2.64. The summed E-state index contributed by atoms with van der Waals surface area (Å²) in [5, 5.41) is 3.84. The fraction of sp³-hybridized carbons (Fsp3) is 0.588. The molecule has 0 aromatic heterocycles. The Morgan fingerprint density at radius 1 is 1.05 bits per heavy atom. The molecule has 4 heteroatoms. The van der Waals surface area contributed by atoms with E-state index < -0.39 is 0 Å². The van der Waals surface area contributed by atoms with Gasteiger partial charge in [0.2, 0.25) is 0 Å². The molecule has 1 aromatic rings. The monoisotopic (exact) mass is 305 g/mol. The molecule has 4 saturated carbocycles. The zero-order valence-corrected chi connectivity index (χ0v) is 12.7. The Labute approximate surface area is 130 Å². The first-order valence-electron chi connectivity index (χ1n) is 7.86. The van der Waals surface area contributed by atoms with Crippen LogP contribution in [0.2, 0.25) is 5.02 Å². The van der Waals surface area contributed by atoms with Crippen LogP contribution in [0.5, 0.6) is 5.75 Å². The van der Waals surface area contributed by atoms with Gasteiger partial charge in [0.05, 0.1) is 0 Å². The third-order valence-corrected chi connectivity index (χ3v) is 5.68. The van der Waals surface area contributed by atoms with Crippen LogP contribution in [0.15, 0.2) is 24.3 Å². The fourth-order valence-electron chi connectivity index (χ4n) is 5.12. The molecule has 0 spiro atoms. The average Bonchev–Trinajstić information content (AvgIpc) is 2.39. The van der Waals surface area contributed by atoms with E-state index in [0.29, 0.717) is 10.8 Å². The van der Waals surface area contributed by atoms with Crippen molar-refractivity contribution in [3.8, 4) is 5.75 Å². The number of carbonyl (C=O) groups excluding carboxylic acids is 1. The van der Waals surface area contributed by atoms with Crippen LogP contribution >= 0.6 is 11.6 Å². The van der Waals surface area contributed by atoms with Crippen LogP contribution in [-0.2, 0) is 0 Å². The Balaban J connectivity index is 1.43. The maximum absolute atomic E-state index is 12.2. The van der Waals surface area contributed by atoms with Gasteiger partial charge in [-0.05, 0) is 80.5 Å². The number of hydrogen-bond acceptors (Lipinski definition) is 2. The molecule has 4 aliphatic carbocycles. The Hall–Kier alpha value is -1.22. The van der Waals surface area contributed by atoms with Crippen molar-refractivity contribution >= 4 is 17.7 Å². The number of benzene rings is 1. The zero-order chi connectivity index (χ0) is 14.4. The van der Waals surface area contributed by atoms with Crippen LogP contribution in [0.1, 0.15) is 38.5 Å². The number of ether oxygens (including phenoxy) is 1. The zero-order valence-electron chi connectivity index (χ0n) is 12.0. The quantitative estimate of drug-likeness (QED) is 0.879.